The van der Waals surface area contributed by atoms with Crippen LogP contribution >= 0.6 is 0 Å². The van der Waals surface area contributed by atoms with E-state index in [4.69, 9.17) is 15.0 Å². The van der Waals surface area contributed by atoms with Gasteiger partial charge in [0.05, 0.1) is 29.9 Å². The molecule has 11 heteroatoms. The molecule has 1 fully saturated rings. The standard InChI is InChI=1S/C30H31FN6O4/c1-15(22-13-41-37-28(22)29(32)39)8-18-11-30(18)14-40-25-9-19(31)4-6-21(25)23(30)10-26(38)34-20-5-7-24(33-12-20)27-16(2)35-36-17(27)3/h4-7,9,12-13,15,18,23H,8,10-11,14H2,1-3H3,(H2,32,39)(H,34,38)(H,35,36). The third kappa shape index (κ3) is 4.85. The Morgan fingerprint density at radius 1 is 1.27 bits per heavy atom. The number of hydrogen-bond donors (Lipinski definition) is 3. The second-order valence-corrected chi connectivity index (χ2v) is 11.3. The number of nitrogens with two attached hydrogens (primary N) is 1. The van der Waals surface area contributed by atoms with Crippen LogP contribution in [0.5, 0.6) is 5.75 Å². The van der Waals surface area contributed by atoms with Crippen LogP contribution in [0.1, 0.15) is 71.0 Å². The molecule has 0 bridgehead atoms. The summed E-state index contributed by atoms with van der Waals surface area (Å²) in [5, 5.41) is 13.9. The third-order valence-corrected chi connectivity index (χ3v) is 8.64. The van der Waals surface area contributed by atoms with E-state index in [0.29, 0.717) is 23.6 Å². The van der Waals surface area contributed by atoms with Gasteiger partial charge in [0.2, 0.25) is 5.91 Å². The van der Waals surface area contributed by atoms with Gasteiger partial charge in [-0.15, -0.1) is 0 Å². The van der Waals surface area contributed by atoms with Crippen LogP contribution in [-0.4, -0.2) is 38.8 Å². The molecule has 1 spiro atoms. The molecule has 1 saturated carbocycles. The Morgan fingerprint density at radius 3 is 2.80 bits per heavy atom. The number of anilines is 1. The Kier molecular flexibility index (Phi) is 6.59. The highest BCUT2D eigenvalue weighted by Crippen LogP contribution is 2.67. The van der Waals surface area contributed by atoms with Gasteiger partial charge in [-0.05, 0) is 62.3 Å². The highest BCUT2D eigenvalue weighted by molar-refractivity contribution is 5.92. The van der Waals surface area contributed by atoms with Gasteiger partial charge in [-0.3, -0.25) is 19.7 Å². The molecule has 4 heterocycles. The molecular formula is C30H31FN6O4. The average Bonchev–Trinajstić information content (AvgIpc) is 3.23. The van der Waals surface area contributed by atoms with Gasteiger partial charge >= 0.3 is 0 Å². The third-order valence-electron chi connectivity index (χ3n) is 8.64. The Hall–Kier alpha value is -4.54. The molecule has 10 nitrogen and oxygen atoms in total. The SMILES string of the molecule is Cc1n[nH]c(C)c1-c1ccc(NC(=O)CC2c3ccc(F)cc3OCC23CC3CC(C)c2conc2C(N)=O)cn1. The van der Waals surface area contributed by atoms with E-state index in [1.165, 1.54) is 18.4 Å². The Balaban J connectivity index is 1.20. The molecular weight excluding hydrogens is 527 g/mol. The highest BCUT2D eigenvalue weighted by atomic mass is 19.1. The fourth-order valence-electron chi connectivity index (χ4n) is 6.45. The molecule has 1 aliphatic carbocycles. The number of halogens is 1. The monoisotopic (exact) mass is 558 g/mol. The number of fused-ring (bicyclic) bond motifs is 1. The zero-order valence-electron chi connectivity index (χ0n) is 23.0. The number of carbonyl (C=O) groups excluding carboxylic acids is 2. The Labute approximate surface area is 235 Å². The van der Waals surface area contributed by atoms with Crippen molar-refractivity contribution in [2.75, 3.05) is 11.9 Å². The molecule has 0 radical (unpaired) electrons. The van der Waals surface area contributed by atoms with E-state index < -0.39 is 5.91 Å². The zero-order chi connectivity index (χ0) is 28.9. The van der Waals surface area contributed by atoms with Crippen LogP contribution in [0.4, 0.5) is 10.1 Å². The summed E-state index contributed by atoms with van der Waals surface area (Å²) < 4.78 is 25.1. The van der Waals surface area contributed by atoms with E-state index in [1.54, 1.807) is 12.3 Å². The predicted molar refractivity (Wildman–Crippen MR) is 148 cm³/mol. The van der Waals surface area contributed by atoms with Crippen molar-refractivity contribution in [3.63, 3.8) is 0 Å². The lowest BCUT2D eigenvalue weighted by Crippen LogP contribution is -2.32. The van der Waals surface area contributed by atoms with Crippen LogP contribution in [0.2, 0.25) is 0 Å². The van der Waals surface area contributed by atoms with Crippen molar-refractivity contribution in [2.45, 2.75) is 51.9 Å². The van der Waals surface area contributed by atoms with Crippen molar-refractivity contribution >= 4 is 17.5 Å². The first-order chi connectivity index (χ1) is 19.7. The summed E-state index contributed by atoms with van der Waals surface area (Å²) in [6.45, 7) is 6.24. The molecule has 41 heavy (non-hydrogen) atoms. The number of ether oxygens (including phenoxy) is 1. The number of aromatic amines is 1. The molecule has 4 atom stereocenters. The Morgan fingerprint density at radius 2 is 2.10 bits per heavy atom. The van der Waals surface area contributed by atoms with E-state index in [9.17, 15) is 14.0 Å². The zero-order valence-corrected chi connectivity index (χ0v) is 23.0. The van der Waals surface area contributed by atoms with Crippen molar-refractivity contribution in [1.29, 1.82) is 0 Å². The first-order valence-corrected chi connectivity index (χ1v) is 13.6. The number of carbonyl (C=O) groups is 2. The fourth-order valence-corrected chi connectivity index (χ4v) is 6.45. The minimum atomic E-state index is -0.629. The van der Waals surface area contributed by atoms with Gasteiger partial charge in [0, 0.05) is 40.6 Å². The number of nitrogens with zero attached hydrogens (tertiary/aromatic N) is 3. The van der Waals surface area contributed by atoms with Gasteiger partial charge in [0.15, 0.2) is 5.69 Å². The van der Waals surface area contributed by atoms with E-state index in [0.717, 1.165) is 41.1 Å². The molecule has 2 amide bonds. The minimum Gasteiger partial charge on any atom is -0.493 e. The van der Waals surface area contributed by atoms with Gasteiger partial charge in [-0.25, -0.2) is 4.39 Å². The van der Waals surface area contributed by atoms with E-state index in [-0.39, 0.29) is 47.0 Å². The summed E-state index contributed by atoms with van der Waals surface area (Å²) in [7, 11) is 0. The number of benzene rings is 1. The summed E-state index contributed by atoms with van der Waals surface area (Å²) in [4.78, 5) is 29.7. The second-order valence-electron chi connectivity index (χ2n) is 11.3. The average molecular weight is 559 g/mol. The van der Waals surface area contributed by atoms with Crippen LogP contribution in [0.15, 0.2) is 47.3 Å². The maximum absolute atomic E-state index is 14.0. The summed E-state index contributed by atoms with van der Waals surface area (Å²) in [5.41, 5.74) is 10.9. The lowest BCUT2D eigenvalue weighted by Gasteiger charge is -2.35. The van der Waals surface area contributed by atoms with Crippen molar-refractivity contribution in [1.82, 2.24) is 20.3 Å². The normalized spacial score (nSPS) is 21.7. The van der Waals surface area contributed by atoms with Crippen LogP contribution in [0.3, 0.4) is 0 Å². The lowest BCUT2D eigenvalue weighted by atomic mass is 9.76. The van der Waals surface area contributed by atoms with E-state index in [2.05, 4.69) is 25.7 Å². The number of hydrogen-bond acceptors (Lipinski definition) is 7. The van der Waals surface area contributed by atoms with Gasteiger partial charge in [0.25, 0.3) is 5.91 Å². The maximum atomic E-state index is 14.0. The number of pyridine rings is 1. The molecule has 4 unspecified atom stereocenters. The molecule has 4 N–H and O–H groups in total. The van der Waals surface area contributed by atoms with Crippen LogP contribution in [-0.2, 0) is 4.79 Å². The molecule has 3 aromatic heterocycles. The molecule has 1 aliphatic heterocycles. The van der Waals surface area contributed by atoms with Crippen LogP contribution in [0, 0.1) is 31.0 Å². The van der Waals surface area contributed by atoms with Crippen molar-refractivity contribution in [3.05, 3.63) is 76.8 Å². The number of H-pyrrole nitrogens is 1. The fraction of sp³-hybridized carbons (Fsp3) is 0.367. The lowest BCUT2D eigenvalue weighted by molar-refractivity contribution is -0.117. The molecule has 0 saturated heterocycles. The van der Waals surface area contributed by atoms with Crippen molar-refractivity contribution in [3.8, 4) is 17.0 Å². The highest BCUT2D eigenvalue weighted by Gasteiger charge is 2.62. The van der Waals surface area contributed by atoms with Crippen molar-refractivity contribution in [2.24, 2.45) is 17.1 Å². The van der Waals surface area contributed by atoms with Gasteiger partial charge in [-0.1, -0.05) is 18.1 Å². The first kappa shape index (κ1) is 26.7. The number of aryl methyl sites for hydroxylation is 2. The van der Waals surface area contributed by atoms with Gasteiger partial charge in [-0.2, -0.15) is 5.10 Å². The number of nitrogens with one attached hydrogen (secondary N) is 2. The number of amides is 2. The summed E-state index contributed by atoms with van der Waals surface area (Å²) in [5.74, 6) is -0.703. The molecule has 1 aromatic carbocycles. The number of aromatic nitrogens is 4. The van der Waals surface area contributed by atoms with E-state index in [1.807, 2.05) is 32.9 Å². The predicted octanol–water partition coefficient (Wildman–Crippen LogP) is 5.02. The first-order valence-electron chi connectivity index (χ1n) is 13.6. The summed E-state index contributed by atoms with van der Waals surface area (Å²) in [6, 6.07) is 8.19. The molecule has 2 aliphatic rings. The maximum Gasteiger partial charge on any atom is 0.271 e. The smallest absolute Gasteiger partial charge is 0.271 e. The van der Waals surface area contributed by atoms with Crippen LogP contribution in [0.25, 0.3) is 11.3 Å². The molecule has 4 aromatic rings. The Bertz CT molecular complexity index is 1610. The van der Waals surface area contributed by atoms with E-state index >= 15 is 0 Å². The van der Waals surface area contributed by atoms with Gasteiger partial charge < -0.3 is 20.3 Å². The second kappa shape index (κ2) is 10.1. The summed E-state index contributed by atoms with van der Waals surface area (Å²) in [6.07, 6.45) is 4.88. The quantitative estimate of drug-likeness (QED) is 0.275. The minimum absolute atomic E-state index is 0.0377. The molecule has 212 valence electrons. The summed E-state index contributed by atoms with van der Waals surface area (Å²) >= 11 is 0. The van der Waals surface area contributed by atoms with Gasteiger partial charge in [0.1, 0.15) is 17.8 Å². The number of rotatable bonds is 8. The molecule has 6 rings (SSSR count). The number of primary amides is 1. The van der Waals surface area contributed by atoms with Crippen LogP contribution < -0.4 is 15.8 Å². The largest absolute Gasteiger partial charge is 0.493 e. The topological polar surface area (TPSA) is 149 Å². The van der Waals surface area contributed by atoms with Crippen molar-refractivity contribution < 1.29 is 23.2 Å².